The van der Waals surface area contributed by atoms with E-state index < -0.39 is 11.8 Å². The molecular formula is C29H30FN5O6S2. The molecular weight excluding hydrogens is 597 g/mol. The van der Waals surface area contributed by atoms with Gasteiger partial charge in [0.25, 0.3) is 5.56 Å². The monoisotopic (exact) mass is 627 g/mol. The summed E-state index contributed by atoms with van der Waals surface area (Å²) in [6.07, 6.45) is 6.68. The lowest BCUT2D eigenvalue weighted by Gasteiger charge is -2.15. The third kappa shape index (κ3) is 7.97. The number of rotatable bonds is 10. The number of carbonyl (C=O) groups excluding carboxylic acids is 3. The van der Waals surface area contributed by atoms with Crippen molar-refractivity contribution >= 4 is 63.5 Å². The summed E-state index contributed by atoms with van der Waals surface area (Å²) in [5, 5.41) is 0. The first-order valence-corrected chi connectivity index (χ1v) is 14.9. The van der Waals surface area contributed by atoms with Gasteiger partial charge in [-0.15, -0.1) is 22.7 Å². The van der Waals surface area contributed by atoms with Crippen molar-refractivity contribution in [2.45, 2.75) is 12.8 Å². The number of ether oxygens (including phenoxy) is 2. The Kier molecular flexibility index (Phi) is 10.9. The van der Waals surface area contributed by atoms with Gasteiger partial charge in [0.05, 0.1) is 40.1 Å². The van der Waals surface area contributed by atoms with Crippen molar-refractivity contribution in [3.63, 3.8) is 0 Å². The second-order valence-electron chi connectivity index (χ2n) is 9.59. The van der Waals surface area contributed by atoms with E-state index in [1.807, 2.05) is 14.1 Å². The minimum Gasteiger partial charge on any atom is -0.489 e. The normalized spacial score (nSPS) is 13.1. The molecule has 43 heavy (non-hydrogen) atoms. The van der Waals surface area contributed by atoms with Gasteiger partial charge >= 0.3 is 5.97 Å². The second-order valence-corrected chi connectivity index (χ2v) is 11.8. The zero-order valence-electron chi connectivity index (χ0n) is 23.8. The molecule has 0 amide bonds. The number of carbonyl (C=O) groups is 3. The van der Waals surface area contributed by atoms with Crippen molar-refractivity contribution < 1.29 is 28.2 Å². The second kappa shape index (κ2) is 14.8. The molecule has 1 aliphatic heterocycles. The molecule has 4 heterocycles. The van der Waals surface area contributed by atoms with Crippen LogP contribution in [0.25, 0.3) is 15.9 Å². The number of hydrogen-bond acceptors (Lipinski definition) is 11. The van der Waals surface area contributed by atoms with E-state index >= 15 is 0 Å². The molecule has 5 rings (SSSR count). The highest BCUT2D eigenvalue weighted by Crippen LogP contribution is 2.29. The number of esters is 1. The summed E-state index contributed by atoms with van der Waals surface area (Å²) < 4.78 is 26.2. The topological polar surface area (TPSA) is 123 Å². The lowest BCUT2D eigenvalue weighted by Crippen LogP contribution is -2.25. The van der Waals surface area contributed by atoms with Crippen molar-refractivity contribution in [2.75, 3.05) is 47.4 Å². The van der Waals surface area contributed by atoms with E-state index in [1.165, 1.54) is 43.0 Å². The molecule has 0 radical (unpaired) electrons. The summed E-state index contributed by atoms with van der Waals surface area (Å²) in [5.41, 5.74) is 0.943. The van der Waals surface area contributed by atoms with Gasteiger partial charge in [0, 0.05) is 26.7 Å². The standard InChI is InChI=1S/C19H18FN3O3S.C10H12N2O3S/c20-15-9-13(3-4-17(15)26-8-7-22-5-1-2-6-22)23-12-21-16-10-14(11-24)27-18(16)19(23)25;1-12(2)6-11-8-4-7(5-13)16-9(8)10(14)15-3/h3-4,9-12H,1-2,5-8H2;4-6H,1-3H3. The number of fused-ring (bicyclic) bond motifs is 1. The van der Waals surface area contributed by atoms with Crippen LogP contribution in [0.1, 0.15) is 41.9 Å². The van der Waals surface area contributed by atoms with Crippen molar-refractivity contribution in [1.82, 2.24) is 19.4 Å². The summed E-state index contributed by atoms with van der Waals surface area (Å²) >= 11 is 2.15. The number of aliphatic imine (C=N–C) groups is 1. The molecule has 1 aromatic carbocycles. The molecule has 0 saturated carbocycles. The number of aldehydes is 2. The first-order chi connectivity index (χ1) is 20.7. The maximum Gasteiger partial charge on any atom is 0.350 e. The van der Waals surface area contributed by atoms with Crippen LogP contribution in [-0.4, -0.2) is 91.7 Å². The number of aromatic nitrogens is 2. The van der Waals surface area contributed by atoms with Crippen molar-refractivity contribution in [2.24, 2.45) is 4.99 Å². The van der Waals surface area contributed by atoms with Gasteiger partial charge in [0.15, 0.2) is 24.1 Å². The Balaban J connectivity index is 0.000000227. The average molecular weight is 628 g/mol. The Morgan fingerprint density at radius 2 is 1.84 bits per heavy atom. The molecule has 3 aromatic heterocycles. The molecule has 0 spiro atoms. The minimum atomic E-state index is -0.527. The van der Waals surface area contributed by atoms with E-state index in [9.17, 15) is 23.6 Å². The predicted octanol–water partition coefficient (Wildman–Crippen LogP) is 4.44. The van der Waals surface area contributed by atoms with Gasteiger partial charge in [-0.2, -0.15) is 0 Å². The number of nitrogens with zero attached hydrogens (tertiary/aromatic N) is 5. The lowest BCUT2D eigenvalue weighted by molar-refractivity contribution is 0.0607. The van der Waals surface area contributed by atoms with Crippen LogP contribution in [-0.2, 0) is 4.74 Å². The number of likely N-dealkylation sites (tertiary alicyclic amines) is 1. The zero-order chi connectivity index (χ0) is 30.9. The van der Waals surface area contributed by atoms with Gasteiger partial charge in [-0.1, -0.05) is 0 Å². The van der Waals surface area contributed by atoms with Crippen LogP contribution >= 0.6 is 22.7 Å². The molecule has 0 bridgehead atoms. The summed E-state index contributed by atoms with van der Waals surface area (Å²) in [6.45, 7) is 3.33. The van der Waals surface area contributed by atoms with E-state index in [0.717, 1.165) is 42.3 Å². The number of thiophene rings is 2. The van der Waals surface area contributed by atoms with Gasteiger partial charge in [-0.3, -0.25) is 23.9 Å². The maximum atomic E-state index is 14.4. The van der Waals surface area contributed by atoms with Crippen LogP contribution in [0.4, 0.5) is 10.1 Å². The van der Waals surface area contributed by atoms with Crippen LogP contribution in [0.15, 0.2) is 46.4 Å². The van der Waals surface area contributed by atoms with E-state index in [2.05, 4.69) is 19.6 Å². The fraction of sp³-hybridized carbons (Fsp3) is 0.310. The molecule has 0 atom stereocenters. The average Bonchev–Trinajstić information content (AvgIpc) is 3.77. The Morgan fingerprint density at radius 3 is 2.49 bits per heavy atom. The number of hydrogen-bond donors (Lipinski definition) is 0. The molecule has 0 N–H and O–H groups in total. The van der Waals surface area contributed by atoms with Gasteiger partial charge in [0.2, 0.25) is 0 Å². The Bertz CT molecular complexity index is 1690. The van der Waals surface area contributed by atoms with Crippen LogP contribution in [0.2, 0.25) is 0 Å². The van der Waals surface area contributed by atoms with Gasteiger partial charge in [-0.05, 0) is 50.2 Å². The zero-order valence-corrected chi connectivity index (χ0v) is 25.5. The Labute approximate surface area is 254 Å². The summed E-state index contributed by atoms with van der Waals surface area (Å²) in [7, 11) is 4.92. The van der Waals surface area contributed by atoms with E-state index in [1.54, 1.807) is 29.4 Å². The minimum absolute atomic E-state index is 0.166. The smallest absolute Gasteiger partial charge is 0.350 e. The van der Waals surface area contributed by atoms with E-state index in [-0.39, 0.29) is 11.3 Å². The molecule has 11 nitrogen and oxygen atoms in total. The highest BCUT2D eigenvalue weighted by Gasteiger charge is 2.16. The highest BCUT2D eigenvalue weighted by atomic mass is 32.1. The SMILES string of the molecule is COC(=O)c1sc(C=O)cc1N=CN(C)C.O=Cc1cc2ncn(-c3ccc(OCCN4CCCC4)c(F)c3)c(=O)c2s1. The quantitative estimate of drug-likeness (QED) is 0.109. The fourth-order valence-corrected chi connectivity index (χ4v) is 5.88. The Hall–Kier alpha value is -4.27. The van der Waals surface area contributed by atoms with Gasteiger partial charge in [0.1, 0.15) is 22.5 Å². The number of halogens is 1. The van der Waals surface area contributed by atoms with Crippen LogP contribution in [0.3, 0.4) is 0 Å². The highest BCUT2D eigenvalue weighted by molar-refractivity contribution is 7.20. The van der Waals surface area contributed by atoms with Gasteiger partial charge < -0.3 is 14.4 Å². The summed E-state index contributed by atoms with van der Waals surface area (Å²) in [5.74, 6) is -0.843. The molecule has 4 aromatic rings. The molecule has 0 unspecified atom stereocenters. The van der Waals surface area contributed by atoms with Gasteiger partial charge in [-0.25, -0.2) is 19.2 Å². The summed E-state index contributed by atoms with van der Waals surface area (Å²) in [6, 6.07) is 7.53. The molecule has 1 aliphatic rings. The summed E-state index contributed by atoms with van der Waals surface area (Å²) in [4.78, 5) is 59.1. The Morgan fingerprint density at radius 1 is 1.12 bits per heavy atom. The van der Waals surface area contributed by atoms with Crippen molar-refractivity contribution in [3.8, 4) is 11.4 Å². The third-order valence-corrected chi connectivity index (χ3v) is 8.34. The molecule has 1 saturated heterocycles. The van der Waals surface area contributed by atoms with Crippen LogP contribution < -0.4 is 10.3 Å². The predicted molar refractivity (Wildman–Crippen MR) is 165 cm³/mol. The van der Waals surface area contributed by atoms with Crippen LogP contribution in [0.5, 0.6) is 5.75 Å². The molecule has 226 valence electrons. The number of methoxy groups -OCH3 is 1. The first kappa shape index (κ1) is 31.7. The largest absolute Gasteiger partial charge is 0.489 e. The third-order valence-electron chi connectivity index (χ3n) is 6.28. The molecule has 14 heteroatoms. The molecule has 0 aliphatic carbocycles. The van der Waals surface area contributed by atoms with Crippen LogP contribution in [0, 0.1) is 5.82 Å². The lowest BCUT2D eigenvalue weighted by atomic mass is 10.3. The van der Waals surface area contributed by atoms with Crippen molar-refractivity contribution in [1.29, 1.82) is 0 Å². The van der Waals surface area contributed by atoms with Crippen molar-refractivity contribution in [3.05, 3.63) is 67.5 Å². The first-order valence-electron chi connectivity index (χ1n) is 13.2. The van der Waals surface area contributed by atoms with E-state index in [4.69, 9.17) is 4.74 Å². The molecule has 1 fully saturated rings. The maximum absolute atomic E-state index is 14.4. The number of benzene rings is 1. The van der Waals surface area contributed by atoms with E-state index in [0.29, 0.717) is 55.4 Å². The fourth-order valence-electron chi connectivity index (χ4n) is 4.19.